The summed E-state index contributed by atoms with van der Waals surface area (Å²) in [5, 5.41) is 19.8. The van der Waals surface area contributed by atoms with Crippen LogP contribution in [0.3, 0.4) is 0 Å². The number of hydrogen-bond acceptors (Lipinski definition) is 3. The summed E-state index contributed by atoms with van der Waals surface area (Å²) < 4.78 is 0. The first-order chi connectivity index (χ1) is 9.47. The number of carboxylic acids is 2. The molecule has 0 radical (unpaired) electrons. The molecule has 0 spiro atoms. The fourth-order valence-corrected chi connectivity index (χ4v) is 1.74. The molecule has 0 aliphatic heterocycles. The predicted octanol–water partition coefficient (Wildman–Crippen LogP) is 1.53. The van der Waals surface area contributed by atoms with E-state index in [4.69, 9.17) is 10.2 Å². The molecule has 7 nitrogen and oxygen atoms in total. The van der Waals surface area contributed by atoms with Crippen molar-refractivity contribution in [2.24, 2.45) is 0 Å². The second-order valence-electron chi connectivity index (χ2n) is 4.64. The molecule has 0 aromatic carbocycles. The highest BCUT2D eigenvalue weighted by atomic mass is 16.4. The number of aliphatic carboxylic acids is 2. The maximum Gasteiger partial charge on any atom is 0.323 e. The Bertz CT molecular complexity index is 304. The summed E-state index contributed by atoms with van der Waals surface area (Å²) in [5.74, 6) is -2.47. The summed E-state index contributed by atoms with van der Waals surface area (Å²) in [6.45, 7) is 1.34. The summed E-state index contributed by atoms with van der Waals surface area (Å²) in [7, 11) is 0. The van der Waals surface area contributed by atoms with Crippen molar-refractivity contribution in [2.75, 3.05) is 19.6 Å². The maximum absolute atomic E-state index is 11.6. The number of rotatable bonds is 11. The molecule has 0 aliphatic carbocycles. The van der Waals surface area contributed by atoms with Crippen molar-refractivity contribution in [3.05, 3.63) is 0 Å². The van der Waals surface area contributed by atoms with Crippen LogP contribution < -0.4 is 5.32 Å². The molecule has 0 aliphatic rings. The molecule has 0 rings (SSSR count). The number of urea groups is 1. The van der Waals surface area contributed by atoms with Crippen molar-refractivity contribution in [1.82, 2.24) is 10.2 Å². The minimum Gasteiger partial charge on any atom is -0.480 e. The fourth-order valence-electron chi connectivity index (χ4n) is 1.74. The first kappa shape index (κ1) is 18.2. The number of nitrogens with one attached hydrogen (secondary N) is 1. The van der Waals surface area contributed by atoms with Crippen molar-refractivity contribution < 1.29 is 24.6 Å². The van der Waals surface area contributed by atoms with Crippen molar-refractivity contribution in [3.8, 4) is 0 Å². The van der Waals surface area contributed by atoms with Crippen LogP contribution in [0.2, 0.25) is 0 Å². The van der Waals surface area contributed by atoms with Gasteiger partial charge >= 0.3 is 18.0 Å². The van der Waals surface area contributed by atoms with Gasteiger partial charge in [0, 0.05) is 6.54 Å². The Hall–Kier alpha value is -1.79. The largest absolute Gasteiger partial charge is 0.480 e. The zero-order chi connectivity index (χ0) is 15.4. The van der Waals surface area contributed by atoms with Crippen LogP contribution in [0.15, 0.2) is 0 Å². The minimum atomic E-state index is -1.24. The lowest BCUT2D eigenvalue weighted by Gasteiger charge is -2.18. The Kier molecular flexibility index (Phi) is 10.1. The van der Waals surface area contributed by atoms with Gasteiger partial charge in [-0.05, 0) is 6.42 Å². The average molecular weight is 288 g/mol. The van der Waals surface area contributed by atoms with Crippen LogP contribution in [0.5, 0.6) is 0 Å². The number of carbonyl (C=O) groups is 3. The zero-order valence-electron chi connectivity index (χ0n) is 11.9. The number of unbranched alkanes of at least 4 members (excludes halogenated alkanes) is 5. The predicted molar refractivity (Wildman–Crippen MR) is 73.6 cm³/mol. The first-order valence-electron chi connectivity index (χ1n) is 6.93. The molecule has 20 heavy (non-hydrogen) atoms. The lowest BCUT2D eigenvalue weighted by molar-refractivity contribution is -0.140. The third-order valence-corrected chi connectivity index (χ3v) is 2.75. The Morgan fingerprint density at radius 3 is 1.90 bits per heavy atom. The van der Waals surface area contributed by atoms with Gasteiger partial charge in [-0.15, -0.1) is 0 Å². The Morgan fingerprint density at radius 1 is 0.900 bits per heavy atom. The van der Waals surface area contributed by atoms with Crippen molar-refractivity contribution in [1.29, 1.82) is 0 Å². The molecule has 0 bridgehead atoms. The number of carboxylic acid groups (broad SMARTS) is 2. The lowest BCUT2D eigenvalue weighted by atomic mass is 10.1. The Labute approximate surface area is 119 Å². The summed E-state index contributed by atoms with van der Waals surface area (Å²) in [4.78, 5) is 33.5. The van der Waals surface area contributed by atoms with Crippen LogP contribution in [0.1, 0.15) is 45.4 Å². The van der Waals surface area contributed by atoms with E-state index in [1.54, 1.807) is 0 Å². The van der Waals surface area contributed by atoms with Gasteiger partial charge in [-0.2, -0.15) is 0 Å². The molecule has 0 heterocycles. The third kappa shape index (κ3) is 10.2. The molecule has 3 N–H and O–H groups in total. The highest BCUT2D eigenvalue weighted by Gasteiger charge is 2.18. The fraction of sp³-hybridized carbons (Fsp3) is 0.769. The molecule has 116 valence electrons. The molecular formula is C13H24N2O5. The van der Waals surface area contributed by atoms with Crippen LogP contribution >= 0.6 is 0 Å². The van der Waals surface area contributed by atoms with E-state index in [9.17, 15) is 14.4 Å². The SMILES string of the molecule is CCCCCCCCNC(=O)N(CC(=O)O)CC(=O)O. The molecule has 0 aromatic rings. The van der Waals surface area contributed by atoms with Gasteiger partial charge in [-0.1, -0.05) is 39.0 Å². The van der Waals surface area contributed by atoms with E-state index < -0.39 is 31.1 Å². The molecule has 0 saturated heterocycles. The number of amides is 2. The lowest BCUT2D eigenvalue weighted by Crippen LogP contribution is -2.45. The van der Waals surface area contributed by atoms with Crippen LogP contribution in [0, 0.1) is 0 Å². The van der Waals surface area contributed by atoms with Crippen molar-refractivity contribution >= 4 is 18.0 Å². The van der Waals surface area contributed by atoms with E-state index in [1.165, 1.54) is 19.3 Å². The normalized spacial score (nSPS) is 10.1. The van der Waals surface area contributed by atoms with Crippen LogP contribution in [0.25, 0.3) is 0 Å². The zero-order valence-corrected chi connectivity index (χ0v) is 11.9. The Morgan fingerprint density at radius 2 is 1.40 bits per heavy atom. The van der Waals surface area contributed by atoms with E-state index in [1.807, 2.05) is 0 Å². The van der Waals surface area contributed by atoms with Gasteiger partial charge in [0.25, 0.3) is 0 Å². The van der Waals surface area contributed by atoms with Gasteiger partial charge in [0.1, 0.15) is 13.1 Å². The average Bonchev–Trinajstić information content (AvgIpc) is 2.35. The quantitative estimate of drug-likeness (QED) is 0.500. The highest BCUT2D eigenvalue weighted by Crippen LogP contribution is 2.04. The number of carbonyl (C=O) groups excluding carboxylic acids is 1. The van der Waals surface area contributed by atoms with Gasteiger partial charge in [0.05, 0.1) is 0 Å². The van der Waals surface area contributed by atoms with Crippen LogP contribution in [-0.4, -0.2) is 52.7 Å². The molecule has 0 unspecified atom stereocenters. The molecule has 0 atom stereocenters. The summed E-state index contributed by atoms with van der Waals surface area (Å²) in [6.07, 6.45) is 6.47. The monoisotopic (exact) mass is 288 g/mol. The van der Waals surface area contributed by atoms with Crippen LogP contribution in [-0.2, 0) is 9.59 Å². The molecule has 0 aromatic heterocycles. The smallest absolute Gasteiger partial charge is 0.323 e. The number of nitrogens with zero attached hydrogens (tertiary/aromatic N) is 1. The number of hydrogen-bond donors (Lipinski definition) is 3. The van der Waals surface area contributed by atoms with Gasteiger partial charge in [-0.25, -0.2) is 4.79 Å². The molecule has 0 saturated carbocycles. The summed E-state index contributed by atoms with van der Waals surface area (Å²) in [6, 6.07) is -0.650. The molecule has 7 heteroatoms. The van der Waals surface area contributed by atoms with Gasteiger partial charge < -0.3 is 20.4 Å². The maximum atomic E-state index is 11.6. The van der Waals surface area contributed by atoms with E-state index >= 15 is 0 Å². The molecule has 2 amide bonds. The molecular weight excluding hydrogens is 264 g/mol. The van der Waals surface area contributed by atoms with E-state index in [0.29, 0.717) is 6.54 Å². The van der Waals surface area contributed by atoms with Crippen molar-refractivity contribution in [3.63, 3.8) is 0 Å². The van der Waals surface area contributed by atoms with E-state index in [-0.39, 0.29) is 0 Å². The highest BCUT2D eigenvalue weighted by molar-refractivity contribution is 5.84. The standard InChI is InChI=1S/C13H24N2O5/c1-2-3-4-5-6-7-8-14-13(20)15(9-11(16)17)10-12(18)19/h2-10H2,1H3,(H,14,20)(H,16,17)(H,18,19). The van der Waals surface area contributed by atoms with Gasteiger partial charge in [0.2, 0.25) is 0 Å². The van der Waals surface area contributed by atoms with E-state index in [2.05, 4.69) is 12.2 Å². The van der Waals surface area contributed by atoms with Crippen LogP contribution in [0.4, 0.5) is 4.79 Å². The van der Waals surface area contributed by atoms with Gasteiger partial charge in [-0.3, -0.25) is 9.59 Å². The third-order valence-electron chi connectivity index (χ3n) is 2.75. The second-order valence-corrected chi connectivity index (χ2v) is 4.64. The topological polar surface area (TPSA) is 107 Å². The van der Waals surface area contributed by atoms with Crippen molar-refractivity contribution in [2.45, 2.75) is 45.4 Å². The summed E-state index contributed by atoms with van der Waals surface area (Å²) >= 11 is 0. The second kappa shape index (κ2) is 11.1. The first-order valence-corrected chi connectivity index (χ1v) is 6.93. The molecule has 0 fully saturated rings. The van der Waals surface area contributed by atoms with E-state index in [0.717, 1.165) is 24.2 Å². The minimum absolute atomic E-state index is 0.431. The summed E-state index contributed by atoms with van der Waals surface area (Å²) in [5.41, 5.74) is 0. The Balaban J connectivity index is 3.89. The van der Waals surface area contributed by atoms with Gasteiger partial charge in [0.15, 0.2) is 0 Å².